The Hall–Kier alpha value is -2.20. The molecule has 4 nitrogen and oxygen atoms in total. The molecule has 120 valence electrons. The van der Waals surface area contributed by atoms with Gasteiger partial charge in [0.05, 0.1) is 21.3 Å². The van der Waals surface area contributed by atoms with Crippen molar-refractivity contribution >= 4 is 0 Å². The van der Waals surface area contributed by atoms with E-state index >= 15 is 0 Å². The maximum Gasteiger partial charge on any atom is 0.161 e. The molecule has 4 heteroatoms. The zero-order valence-electron chi connectivity index (χ0n) is 13.7. The van der Waals surface area contributed by atoms with Crippen molar-refractivity contribution < 1.29 is 14.2 Å². The summed E-state index contributed by atoms with van der Waals surface area (Å²) in [5, 5.41) is 3.67. The number of rotatable bonds is 3. The van der Waals surface area contributed by atoms with Gasteiger partial charge in [-0.05, 0) is 52.9 Å². The number of hydrogen-bond donors (Lipinski definition) is 1. The Morgan fingerprint density at radius 2 is 1.65 bits per heavy atom. The highest BCUT2D eigenvalue weighted by Gasteiger charge is 2.34. The van der Waals surface area contributed by atoms with Crippen LogP contribution in [-0.2, 0) is 6.42 Å². The van der Waals surface area contributed by atoms with Crippen molar-refractivity contribution in [3.8, 4) is 17.2 Å². The highest BCUT2D eigenvalue weighted by Crippen LogP contribution is 2.45. The van der Waals surface area contributed by atoms with Crippen LogP contribution in [0.3, 0.4) is 0 Å². The van der Waals surface area contributed by atoms with E-state index in [-0.39, 0.29) is 0 Å². The van der Waals surface area contributed by atoms with Gasteiger partial charge in [-0.15, -0.1) is 0 Å². The Balaban J connectivity index is 1.89. The van der Waals surface area contributed by atoms with Crippen LogP contribution >= 0.6 is 0 Å². The highest BCUT2D eigenvalue weighted by molar-refractivity contribution is 5.56. The lowest BCUT2D eigenvalue weighted by Gasteiger charge is -2.29. The molecule has 0 saturated carbocycles. The average Bonchev–Trinajstić information content (AvgIpc) is 2.86. The maximum atomic E-state index is 5.51. The summed E-state index contributed by atoms with van der Waals surface area (Å²) < 4.78 is 16.4. The molecule has 2 aromatic carbocycles. The minimum absolute atomic E-state index is 0.315. The second kappa shape index (κ2) is 5.46. The molecule has 2 heterocycles. The van der Waals surface area contributed by atoms with Crippen molar-refractivity contribution in [2.75, 3.05) is 27.9 Å². The van der Waals surface area contributed by atoms with E-state index in [1.54, 1.807) is 21.3 Å². The Labute approximate surface area is 136 Å². The zero-order chi connectivity index (χ0) is 16.0. The summed E-state index contributed by atoms with van der Waals surface area (Å²) in [6.45, 7) is 0.951. The van der Waals surface area contributed by atoms with Crippen molar-refractivity contribution in [3.63, 3.8) is 0 Å². The van der Waals surface area contributed by atoms with Gasteiger partial charge in [0.1, 0.15) is 5.75 Å². The van der Waals surface area contributed by atoms with Gasteiger partial charge in [-0.3, -0.25) is 0 Å². The van der Waals surface area contributed by atoms with Gasteiger partial charge in [-0.25, -0.2) is 0 Å². The van der Waals surface area contributed by atoms with Crippen LogP contribution in [0, 0.1) is 0 Å². The largest absolute Gasteiger partial charge is 0.497 e. The standard InChI is InChI=1S/C19H21NO3/c1-21-12-4-5-13-15(8-12)17-6-11-7-18(22-2)19(23-3)9-14(11)16(13)10-20-17/h4-5,7-9,16-17,20H,6,10H2,1-3H3/t16-,17-/m0/s1. The summed E-state index contributed by atoms with van der Waals surface area (Å²) in [4.78, 5) is 0. The molecule has 2 bridgehead atoms. The summed E-state index contributed by atoms with van der Waals surface area (Å²) in [6.07, 6.45) is 0.951. The summed E-state index contributed by atoms with van der Waals surface area (Å²) in [5.74, 6) is 2.85. The molecule has 3 aliphatic rings. The Bertz CT molecular complexity index is 757. The molecule has 0 fully saturated rings. The highest BCUT2D eigenvalue weighted by atomic mass is 16.5. The molecule has 0 amide bonds. The molecule has 5 rings (SSSR count). The topological polar surface area (TPSA) is 39.7 Å². The molecular weight excluding hydrogens is 290 g/mol. The third-order valence-electron chi connectivity index (χ3n) is 5.06. The van der Waals surface area contributed by atoms with E-state index in [2.05, 4.69) is 35.6 Å². The molecule has 0 aromatic heterocycles. The van der Waals surface area contributed by atoms with Crippen LogP contribution in [0.2, 0.25) is 0 Å². The molecule has 2 aromatic rings. The fourth-order valence-corrected chi connectivity index (χ4v) is 3.90. The number of benzene rings is 2. The van der Waals surface area contributed by atoms with Gasteiger partial charge in [-0.1, -0.05) is 6.07 Å². The van der Waals surface area contributed by atoms with Crippen LogP contribution in [0.25, 0.3) is 0 Å². The third-order valence-corrected chi connectivity index (χ3v) is 5.06. The summed E-state index contributed by atoms with van der Waals surface area (Å²) in [5.41, 5.74) is 5.40. The maximum absolute atomic E-state index is 5.51. The number of hydrogen-bond acceptors (Lipinski definition) is 4. The lowest BCUT2D eigenvalue weighted by atomic mass is 9.85. The van der Waals surface area contributed by atoms with Crippen molar-refractivity contribution in [3.05, 3.63) is 52.6 Å². The molecule has 1 aliphatic carbocycles. The lowest BCUT2D eigenvalue weighted by molar-refractivity contribution is 0.354. The first kappa shape index (κ1) is 14.4. The van der Waals surface area contributed by atoms with Crippen LogP contribution < -0.4 is 19.5 Å². The van der Waals surface area contributed by atoms with Crippen molar-refractivity contribution in [2.45, 2.75) is 18.4 Å². The molecule has 0 saturated heterocycles. The molecular formula is C19H21NO3. The van der Waals surface area contributed by atoms with Crippen molar-refractivity contribution in [2.24, 2.45) is 0 Å². The van der Waals surface area contributed by atoms with E-state index in [0.717, 1.165) is 30.2 Å². The number of ether oxygens (including phenoxy) is 3. The van der Waals surface area contributed by atoms with Gasteiger partial charge in [0.15, 0.2) is 11.5 Å². The van der Waals surface area contributed by atoms with Gasteiger partial charge >= 0.3 is 0 Å². The SMILES string of the molecule is COc1ccc2c(c1)[C@@H]1Cc3cc(OC)c(OC)cc3[C@H]2CN1. The molecule has 23 heavy (non-hydrogen) atoms. The van der Waals surface area contributed by atoms with Crippen LogP contribution in [0.15, 0.2) is 30.3 Å². The Kier molecular flexibility index (Phi) is 3.42. The van der Waals surface area contributed by atoms with Crippen LogP contribution in [0.5, 0.6) is 17.2 Å². The number of fused-ring (bicyclic) bond motifs is 1. The van der Waals surface area contributed by atoms with Crippen LogP contribution in [-0.4, -0.2) is 27.9 Å². The lowest BCUT2D eigenvalue weighted by Crippen LogP contribution is -2.31. The monoisotopic (exact) mass is 311 g/mol. The van der Waals surface area contributed by atoms with Gasteiger partial charge in [0, 0.05) is 18.5 Å². The van der Waals surface area contributed by atoms with Crippen molar-refractivity contribution in [1.82, 2.24) is 5.32 Å². The van der Waals surface area contributed by atoms with Crippen LogP contribution in [0.1, 0.15) is 34.2 Å². The first-order chi connectivity index (χ1) is 11.2. The summed E-state index contributed by atoms with van der Waals surface area (Å²) >= 11 is 0. The average molecular weight is 311 g/mol. The predicted octanol–water partition coefficient (Wildman–Crippen LogP) is 3.04. The quantitative estimate of drug-likeness (QED) is 0.946. The van der Waals surface area contributed by atoms with E-state index in [1.165, 1.54) is 22.3 Å². The molecule has 0 unspecified atom stereocenters. The first-order valence-corrected chi connectivity index (χ1v) is 7.91. The molecule has 1 N–H and O–H groups in total. The Morgan fingerprint density at radius 1 is 0.870 bits per heavy atom. The minimum Gasteiger partial charge on any atom is -0.497 e. The second-order valence-corrected chi connectivity index (χ2v) is 6.12. The first-order valence-electron chi connectivity index (χ1n) is 7.91. The minimum atomic E-state index is 0.315. The van der Waals surface area contributed by atoms with E-state index in [1.807, 2.05) is 0 Å². The fourth-order valence-electron chi connectivity index (χ4n) is 3.90. The van der Waals surface area contributed by atoms with Gasteiger partial charge in [-0.2, -0.15) is 0 Å². The molecule has 0 radical (unpaired) electrons. The second-order valence-electron chi connectivity index (χ2n) is 6.12. The van der Waals surface area contributed by atoms with E-state index < -0.39 is 0 Å². The van der Waals surface area contributed by atoms with Gasteiger partial charge < -0.3 is 19.5 Å². The third kappa shape index (κ3) is 2.17. The zero-order valence-corrected chi connectivity index (χ0v) is 13.7. The van der Waals surface area contributed by atoms with Crippen molar-refractivity contribution in [1.29, 1.82) is 0 Å². The van der Waals surface area contributed by atoms with E-state index in [9.17, 15) is 0 Å². The fraction of sp³-hybridized carbons (Fsp3) is 0.368. The number of nitrogens with one attached hydrogen (secondary N) is 1. The Morgan fingerprint density at radius 3 is 2.39 bits per heavy atom. The van der Waals surface area contributed by atoms with Gasteiger partial charge in [0.25, 0.3) is 0 Å². The summed E-state index contributed by atoms with van der Waals surface area (Å²) in [7, 11) is 5.09. The molecule has 2 aliphatic heterocycles. The number of methoxy groups -OCH3 is 3. The van der Waals surface area contributed by atoms with Gasteiger partial charge in [0.2, 0.25) is 0 Å². The smallest absolute Gasteiger partial charge is 0.161 e. The van der Waals surface area contributed by atoms with E-state index in [4.69, 9.17) is 14.2 Å². The molecule has 2 atom stereocenters. The van der Waals surface area contributed by atoms with Crippen LogP contribution in [0.4, 0.5) is 0 Å². The normalized spacial score (nSPS) is 21.2. The van der Waals surface area contributed by atoms with E-state index in [0.29, 0.717) is 12.0 Å². The molecule has 0 spiro atoms. The predicted molar refractivity (Wildman–Crippen MR) is 88.8 cm³/mol. The summed E-state index contributed by atoms with van der Waals surface area (Å²) in [6, 6.07) is 11.0.